The molecule has 238 valence electrons. The number of hydrogen-bond donors (Lipinski definition) is 1. The summed E-state index contributed by atoms with van der Waals surface area (Å²) >= 11 is 0. The maximum absolute atomic E-state index is 14.8. The Morgan fingerprint density at radius 1 is 0.978 bits per heavy atom. The molecule has 2 saturated heterocycles. The lowest BCUT2D eigenvalue weighted by atomic mass is 9.82. The van der Waals surface area contributed by atoms with Crippen LogP contribution in [-0.4, -0.2) is 51.4 Å². The molecule has 0 aliphatic carbocycles. The monoisotopic (exact) mass is 626 g/mol. The molecule has 45 heavy (non-hydrogen) atoms. The minimum absolute atomic E-state index is 0.00137. The standard InChI is InChI=1S/C37H46N2O5Si/c1-26-35(45(3,4)30-19-17-29(43-2)18-20-30)33(21-23-40)44-37(26)31-14-8-9-15-32(31)39(36(37)42)25-27-12-11-13-28(24-27)38-22-10-6-5-7-16-34(38)41/h8-9,11-15,17-20,24,26,33,35,40H,5-7,10,16,21-23,25H2,1-4H3/t26-,33+,35-,37+/m1/s1. The number of carbonyl (C=O) groups excluding carboxylic acids is 2. The fourth-order valence-electron chi connectivity index (χ4n) is 8.26. The number of anilines is 2. The first-order valence-corrected chi connectivity index (χ1v) is 19.5. The van der Waals surface area contributed by atoms with Crippen molar-refractivity contribution in [2.45, 2.75) is 82.3 Å². The molecule has 0 radical (unpaired) electrons. The van der Waals surface area contributed by atoms with Crippen LogP contribution >= 0.6 is 0 Å². The molecule has 7 nitrogen and oxygen atoms in total. The van der Waals surface area contributed by atoms with E-state index in [1.807, 2.05) is 64.4 Å². The Kier molecular flexibility index (Phi) is 8.92. The van der Waals surface area contributed by atoms with Gasteiger partial charge < -0.3 is 24.4 Å². The van der Waals surface area contributed by atoms with Gasteiger partial charge in [-0.15, -0.1) is 0 Å². The molecule has 0 saturated carbocycles. The summed E-state index contributed by atoms with van der Waals surface area (Å²) in [7, 11) is -0.554. The van der Waals surface area contributed by atoms with Gasteiger partial charge in [-0.2, -0.15) is 0 Å². The Morgan fingerprint density at radius 3 is 2.49 bits per heavy atom. The zero-order valence-electron chi connectivity index (χ0n) is 27.0. The lowest BCUT2D eigenvalue weighted by Crippen LogP contribution is -2.51. The Morgan fingerprint density at radius 2 is 1.73 bits per heavy atom. The van der Waals surface area contributed by atoms with Crippen molar-refractivity contribution >= 4 is 36.4 Å². The maximum atomic E-state index is 14.8. The van der Waals surface area contributed by atoms with Crippen molar-refractivity contribution in [3.05, 3.63) is 83.9 Å². The molecule has 2 amide bonds. The van der Waals surface area contributed by atoms with Gasteiger partial charge in [0.2, 0.25) is 5.91 Å². The second kappa shape index (κ2) is 12.7. The minimum Gasteiger partial charge on any atom is -0.497 e. The highest BCUT2D eigenvalue weighted by atomic mass is 28.3. The number of ether oxygens (including phenoxy) is 2. The number of para-hydroxylation sites is 1. The first kappa shape index (κ1) is 31.5. The van der Waals surface area contributed by atoms with Gasteiger partial charge in [-0.1, -0.05) is 80.5 Å². The van der Waals surface area contributed by atoms with Crippen molar-refractivity contribution in [1.82, 2.24) is 0 Å². The number of fused-ring (bicyclic) bond motifs is 2. The lowest BCUT2D eigenvalue weighted by molar-refractivity contribution is -0.146. The van der Waals surface area contributed by atoms with Crippen LogP contribution in [0.15, 0.2) is 72.8 Å². The van der Waals surface area contributed by atoms with Crippen LogP contribution in [0.4, 0.5) is 11.4 Å². The predicted octanol–water partition coefficient (Wildman–Crippen LogP) is 6.14. The quantitative estimate of drug-likeness (QED) is 0.304. The number of carbonyl (C=O) groups is 2. The van der Waals surface area contributed by atoms with Crippen molar-refractivity contribution in [2.24, 2.45) is 5.92 Å². The third kappa shape index (κ3) is 5.51. The number of nitrogens with zero attached hydrogens (tertiary/aromatic N) is 2. The summed E-state index contributed by atoms with van der Waals surface area (Å²) in [4.78, 5) is 31.6. The second-order valence-corrected chi connectivity index (χ2v) is 18.1. The third-order valence-corrected chi connectivity index (χ3v) is 14.9. The number of methoxy groups -OCH3 is 1. The zero-order valence-corrected chi connectivity index (χ0v) is 28.0. The molecule has 3 aliphatic heterocycles. The molecule has 4 atom stereocenters. The van der Waals surface area contributed by atoms with E-state index in [9.17, 15) is 14.7 Å². The highest BCUT2D eigenvalue weighted by Gasteiger charge is 2.66. The van der Waals surface area contributed by atoms with Crippen LogP contribution < -0.4 is 19.7 Å². The maximum Gasteiger partial charge on any atom is 0.264 e. The lowest BCUT2D eigenvalue weighted by Gasteiger charge is -2.37. The Hall–Kier alpha value is -3.46. The molecular weight excluding hydrogens is 581 g/mol. The average molecular weight is 627 g/mol. The molecule has 0 bridgehead atoms. The van der Waals surface area contributed by atoms with Gasteiger partial charge in [-0.05, 0) is 60.7 Å². The van der Waals surface area contributed by atoms with Crippen LogP contribution in [0.3, 0.4) is 0 Å². The normalized spacial score (nSPS) is 25.4. The largest absolute Gasteiger partial charge is 0.497 e. The van der Waals surface area contributed by atoms with Gasteiger partial charge in [0.25, 0.3) is 5.91 Å². The van der Waals surface area contributed by atoms with Gasteiger partial charge in [0.1, 0.15) is 5.75 Å². The van der Waals surface area contributed by atoms with E-state index in [0.717, 1.165) is 60.5 Å². The molecule has 0 unspecified atom stereocenters. The Balaban J connectivity index is 1.35. The van der Waals surface area contributed by atoms with Gasteiger partial charge in [0, 0.05) is 36.7 Å². The van der Waals surface area contributed by atoms with E-state index in [0.29, 0.717) is 19.4 Å². The molecule has 8 heteroatoms. The number of benzene rings is 3. The summed E-state index contributed by atoms with van der Waals surface area (Å²) in [6, 6.07) is 24.4. The van der Waals surface area contributed by atoms with Crippen molar-refractivity contribution in [3.63, 3.8) is 0 Å². The number of amides is 2. The van der Waals surface area contributed by atoms with Gasteiger partial charge >= 0.3 is 0 Å². The van der Waals surface area contributed by atoms with E-state index in [2.05, 4.69) is 38.2 Å². The highest BCUT2D eigenvalue weighted by molar-refractivity contribution is 6.91. The fourth-order valence-corrected chi connectivity index (χ4v) is 12.3. The van der Waals surface area contributed by atoms with E-state index in [1.165, 1.54) is 5.19 Å². The molecule has 2 fully saturated rings. The van der Waals surface area contributed by atoms with Crippen LogP contribution in [0.5, 0.6) is 5.75 Å². The first-order valence-electron chi connectivity index (χ1n) is 16.5. The van der Waals surface area contributed by atoms with Gasteiger partial charge in [-0.3, -0.25) is 9.59 Å². The molecule has 6 rings (SSSR count). The summed E-state index contributed by atoms with van der Waals surface area (Å²) in [5, 5.41) is 11.4. The van der Waals surface area contributed by atoms with Crippen LogP contribution in [0, 0.1) is 5.92 Å². The van der Waals surface area contributed by atoms with Crippen LogP contribution in [0.25, 0.3) is 0 Å². The number of aliphatic hydroxyl groups is 1. The summed E-state index contributed by atoms with van der Waals surface area (Å²) in [6.45, 7) is 7.99. The van der Waals surface area contributed by atoms with E-state index in [1.54, 1.807) is 7.11 Å². The predicted molar refractivity (Wildman–Crippen MR) is 181 cm³/mol. The number of hydrogen-bond acceptors (Lipinski definition) is 5. The van der Waals surface area contributed by atoms with Crippen molar-refractivity contribution in [3.8, 4) is 5.75 Å². The van der Waals surface area contributed by atoms with Gasteiger partial charge in [0.05, 0.1) is 33.5 Å². The molecule has 1 N–H and O–H groups in total. The van der Waals surface area contributed by atoms with Crippen molar-refractivity contribution in [2.75, 3.05) is 30.1 Å². The second-order valence-electron chi connectivity index (χ2n) is 13.5. The van der Waals surface area contributed by atoms with Gasteiger partial charge in [0.15, 0.2) is 5.60 Å². The topological polar surface area (TPSA) is 79.3 Å². The first-order chi connectivity index (χ1) is 21.7. The molecule has 3 aliphatic rings. The molecule has 3 heterocycles. The van der Waals surface area contributed by atoms with Crippen LogP contribution in [0.1, 0.15) is 56.6 Å². The van der Waals surface area contributed by atoms with E-state index >= 15 is 0 Å². The SMILES string of the molecule is COc1ccc([Si](C)(C)[C@H]2[C@H](CCO)O[C@@]3(C(=O)N(Cc4cccc(N5CCCCCCC5=O)c4)c4ccccc43)[C@@H]2C)cc1. The molecule has 0 aromatic heterocycles. The highest BCUT2D eigenvalue weighted by Crippen LogP contribution is 2.60. The number of aliphatic hydroxyl groups excluding tert-OH is 1. The van der Waals surface area contributed by atoms with E-state index in [-0.39, 0.29) is 36.0 Å². The number of rotatable bonds is 8. The zero-order chi connectivity index (χ0) is 31.8. The van der Waals surface area contributed by atoms with E-state index < -0.39 is 13.7 Å². The Labute approximate surface area is 268 Å². The Bertz CT molecular complexity index is 1540. The molecule has 3 aromatic rings. The summed E-state index contributed by atoms with van der Waals surface area (Å²) < 4.78 is 12.4. The molecule has 1 spiro atoms. The fraction of sp³-hybridized carbons (Fsp3) is 0.459. The average Bonchev–Trinajstić information content (AvgIpc) is 3.46. The molecule has 3 aromatic carbocycles. The minimum atomic E-state index is -2.23. The van der Waals surface area contributed by atoms with Crippen molar-refractivity contribution in [1.29, 1.82) is 0 Å². The third-order valence-electron chi connectivity index (χ3n) is 10.5. The molecular formula is C37H46N2O5Si. The van der Waals surface area contributed by atoms with Crippen LogP contribution in [0.2, 0.25) is 18.6 Å². The van der Waals surface area contributed by atoms with E-state index in [4.69, 9.17) is 9.47 Å². The van der Waals surface area contributed by atoms with Crippen molar-refractivity contribution < 1.29 is 24.2 Å². The summed E-state index contributed by atoms with van der Waals surface area (Å²) in [5.41, 5.74) is 2.61. The van der Waals surface area contributed by atoms with Crippen LogP contribution in [-0.2, 0) is 26.5 Å². The summed E-state index contributed by atoms with van der Waals surface area (Å²) in [5.74, 6) is 0.833. The smallest absolute Gasteiger partial charge is 0.264 e. The summed E-state index contributed by atoms with van der Waals surface area (Å²) in [6.07, 6.45) is 4.98. The van der Waals surface area contributed by atoms with Gasteiger partial charge in [-0.25, -0.2) is 0 Å².